The Kier molecular flexibility index (Phi) is 4.70. The fraction of sp³-hybridized carbons (Fsp3) is 0.353. The molecular formula is C17H17N3O2S. The minimum absolute atomic E-state index is 0.000242. The first-order valence-electron chi connectivity index (χ1n) is 7.52. The molecule has 0 aliphatic carbocycles. The van der Waals surface area contributed by atoms with Crippen LogP contribution in [0.5, 0.6) is 0 Å². The number of anilines is 1. The van der Waals surface area contributed by atoms with E-state index >= 15 is 0 Å². The number of nitrogens with zero attached hydrogens (tertiary/aromatic N) is 2. The number of aromatic nitrogens is 1. The van der Waals surface area contributed by atoms with E-state index in [1.165, 1.54) is 11.3 Å². The standard InChI is InChI=1S/C17H17N3O2S/c1-11-6-12(9-18)8-14(7-11)15-10-19-17(23-15)20-16(21)13-2-4-22-5-3-13/h6-8,10,13H,2-5H2,1H3,(H,19,20,21). The summed E-state index contributed by atoms with van der Waals surface area (Å²) in [6.45, 7) is 3.24. The summed E-state index contributed by atoms with van der Waals surface area (Å²) in [6, 6.07) is 7.86. The molecule has 1 saturated heterocycles. The van der Waals surface area contributed by atoms with Crippen LogP contribution in [-0.4, -0.2) is 24.1 Å². The van der Waals surface area contributed by atoms with Crippen LogP contribution in [0.15, 0.2) is 24.4 Å². The Morgan fingerprint density at radius 2 is 2.17 bits per heavy atom. The van der Waals surface area contributed by atoms with E-state index in [9.17, 15) is 4.79 Å². The zero-order valence-corrected chi connectivity index (χ0v) is 13.7. The van der Waals surface area contributed by atoms with E-state index in [4.69, 9.17) is 10.00 Å². The van der Waals surface area contributed by atoms with Crippen molar-refractivity contribution in [3.05, 3.63) is 35.5 Å². The van der Waals surface area contributed by atoms with Crippen molar-refractivity contribution in [3.63, 3.8) is 0 Å². The molecular weight excluding hydrogens is 310 g/mol. The van der Waals surface area contributed by atoms with E-state index in [2.05, 4.69) is 16.4 Å². The van der Waals surface area contributed by atoms with Crippen LogP contribution in [0.25, 0.3) is 10.4 Å². The van der Waals surface area contributed by atoms with Gasteiger partial charge >= 0.3 is 0 Å². The molecule has 1 amide bonds. The summed E-state index contributed by atoms with van der Waals surface area (Å²) < 4.78 is 5.28. The average molecular weight is 327 g/mol. The number of nitriles is 1. The van der Waals surface area contributed by atoms with Crippen LogP contribution in [0.3, 0.4) is 0 Å². The maximum Gasteiger partial charge on any atom is 0.229 e. The first-order chi connectivity index (χ1) is 11.2. The fourth-order valence-electron chi connectivity index (χ4n) is 2.62. The first-order valence-corrected chi connectivity index (χ1v) is 8.34. The number of hydrogen-bond acceptors (Lipinski definition) is 5. The highest BCUT2D eigenvalue weighted by Gasteiger charge is 2.22. The molecule has 0 atom stereocenters. The number of aryl methyl sites for hydroxylation is 1. The van der Waals surface area contributed by atoms with Gasteiger partial charge in [0.2, 0.25) is 5.91 Å². The van der Waals surface area contributed by atoms with Crippen molar-refractivity contribution >= 4 is 22.4 Å². The second-order valence-corrected chi connectivity index (χ2v) is 6.64. The molecule has 118 valence electrons. The lowest BCUT2D eigenvalue weighted by atomic mass is 10.00. The molecule has 0 bridgehead atoms. The van der Waals surface area contributed by atoms with Crippen molar-refractivity contribution in [2.75, 3.05) is 18.5 Å². The fourth-order valence-corrected chi connectivity index (χ4v) is 3.43. The molecule has 0 spiro atoms. The van der Waals surface area contributed by atoms with Gasteiger partial charge in [0.1, 0.15) is 0 Å². The summed E-state index contributed by atoms with van der Waals surface area (Å²) in [4.78, 5) is 17.4. The molecule has 5 nitrogen and oxygen atoms in total. The maximum atomic E-state index is 12.2. The Labute approximate surface area is 138 Å². The van der Waals surface area contributed by atoms with E-state index < -0.39 is 0 Å². The van der Waals surface area contributed by atoms with Crippen LogP contribution < -0.4 is 5.32 Å². The topological polar surface area (TPSA) is 75.0 Å². The molecule has 1 aromatic heterocycles. The predicted molar refractivity (Wildman–Crippen MR) is 89.2 cm³/mol. The van der Waals surface area contributed by atoms with Crippen molar-refractivity contribution in [2.45, 2.75) is 19.8 Å². The molecule has 0 saturated carbocycles. The zero-order chi connectivity index (χ0) is 16.2. The molecule has 0 radical (unpaired) electrons. The number of ether oxygens (including phenoxy) is 1. The predicted octanol–water partition coefficient (Wildman–Crippen LogP) is 3.36. The molecule has 23 heavy (non-hydrogen) atoms. The second-order valence-electron chi connectivity index (χ2n) is 5.61. The van der Waals surface area contributed by atoms with Gasteiger partial charge < -0.3 is 10.1 Å². The second kappa shape index (κ2) is 6.90. The monoisotopic (exact) mass is 327 g/mol. The Hall–Kier alpha value is -2.23. The molecule has 1 fully saturated rings. The summed E-state index contributed by atoms with van der Waals surface area (Å²) in [5.74, 6) is 0.0106. The van der Waals surface area contributed by atoms with Crippen LogP contribution in [-0.2, 0) is 9.53 Å². The van der Waals surface area contributed by atoms with Crippen molar-refractivity contribution in [2.24, 2.45) is 5.92 Å². The number of amides is 1. The van der Waals surface area contributed by atoms with Gasteiger partial charge in [0, 0.05) is 25.3 Å². The number of hydrogen-bond donors (Lipinski definition) is 1. The number of rotatable bonds is 3. The normalized spacial score (nSPS) is 15.1. The van der Waals surface area contributed by atoms with Crippen molar-refractivity contribution < 1.29 is 9.53 Å². The van der Waals surface area contributed by atoms with Gasteiger partial charge in [-0.3, -0.25) is 4.79 Å². The van der Waals surface area contributed by atoms with E-state index in [0.29, 0.717) is 23.9 Å². The Morgan fingerprint density at radius 3 is 2.91 bits per heavy atom. The van der Waals surface area contributed by atoms with Gasteiger partial charge in [-0.15, -0.1) is 0 Å². The van der Waals surface area contributed by atoms with Gasteiger partial charge in [-0.1, -0.05) is 17.4 Å². The molecule has 1 N–H and O–H groups in total. The third-order valence-corrected chi connectivity index (χ3v) is 4.78. The lowest BCUT2D eigenvalue weighted by Gasteiger charge is -2.20. The maximum absolute atomic E-state index is 12.2. The van der Waals surface area contributed by atoms with Gasteiger partial charge in [-0.25, -0.2) is 4.98 Å². The first kappa shape index (κ1) is 15.7. The quantitative estimate of drug-likeness (QED) is 0.938. The van der Waals surface area contributed by atoms with Gasteiger partial charge in [0.15, 0.2) is 5.13 Å². The minimum atomic E-state index is 0.000242. The summed E-state index contributed by atoms with van der Waals surface area (Å²) in [5, 5.41) is 12.6. The van der Waals surface area contributed by atoms with Crippen LogP contribution >= 0.6 is 11.3 Å². The van der Waals surface area contributed by atoms with E-state index in [1.54, 1.807) is 6.20 Å². The van der Waals surface area contributed by atoms with Gasteiger partial charge in [-0.05, 0) is 43.0 Å². The van der Waals surface area contributed by atoms with Crippen molar-refractivity contribution in [3.8, 4) is 16.5 Å². The third-order valence-electron chi connectivity index (χ3n) is 3.82. The summed E-state index contributed by atoms with van der Waals surface area (Å²) in [6.07, 6.45) is 3.25. The SMILES string of the molecule is Cc1cc(C#N)cc(-c2cnc(NC(=O)C3CCOCC3)s2)c1. The van der Waals surface area contributed by atoms with Crippen molar-refractivity contribution in [1.82, 2.24) is 4.98 Å². The molecule has 3 rings (SSSR count). The number of carbonyl (C=O) groups is 1. The highest BCUT2D eigenvalue weighted by atomic mass is 32.1. The average Bonchev–Trinajstić information content (AvgIpc) is 3.03. The summed E-state index contributed by atoms with van der Waals surface area (Å²) in [5.41, 5.74) is 2.60. The third kappa shape index (κ3) is 3.76. The Bertz CT molecular complexity index is 757. The number of carbonyl (C=O) groups excluding carboxylic acids is 1. The highest BCUT2D eigenvalue weighted by molar-refractivity contribution is 7.19. The van der Waals surface area contributed by atoms with Crippen LogP contribution in [0.4, 0.5) is 5.13 Å². The van der Waals surface area contributed by atoms with E-state index in [0.717, 1.165) is 28.8 Å². The summed E-state index contributed by atoms with van der Waals surface area (Å²) >= 11 is 1.42. The van der Waals surface area contributed by atoms with Crippen LogP contribution in [0, 0.1) is 24.2 Å². The zero-order valence-electron chi connectivity index (χ0n) is 12.8. The van der Waals surface area contributed by atoms with Gasteiger partial charge in [-0.2, -0.15) is 5.26 Å². The molecule has 1 aliphatic heterocycles. The Balaban J connectivity index is 1.74. The highest BCUT2D eigenvalue weighted by Crippen LogP contribution is 2.31. The lowest BCUT2D eigenvalue weighted by molar-refractivity contribution is -0.122. The largest absolute Gasteiger partial charge is 0.381 e. The molecule has 2 aromatic rings. The molecule has 1 aromatic carbocycles. The van der Waals surface area contributed by atoms with E-state index in [-0.39, 0.29) is 11.8 Å². The minimum Gasteiger partial charge on any atom is -0.381 e. The van der Waals surface area contributed by atoms with E-state index in [1.807, 2.05) is 25.1 Å². The van der Waals surface area contributed by atoms with Gasteiger partial charge in [0.25, 0.3) is 0 Å². The number of thiazole rings is 1. The molecule has 2 heterocycles. The van der Waals surface area contributed by atoms with Gasteiger partial charge in [0.05, 0.1) is 16.5 Å². The Morgan fingerprint density at radius 1 is 1.39 bits per heavy atom. The molecule has 6 heteroatoms. The van der Waals surface area contributed by atoms with Crippen LogP contribution in [0.1, 0.15) is 24.0 Å². The molecule has 1 aliphatic rings. The van der Waals surface area contributed by atoms with Crippen molar-refractivity contribution in [1.29, 1.82) is 5.26 Å². The van der Waals surface area contributed by atoms with Crippen LogP contribution in [0.2, 0.25) is 0 Å². The number of nitrogens with one attached hydrogen (secondary N) is 1. The summed E-state index contributed by atoms with van der Waals surface area (Å²) in [7, 11) is 0. The smallest absolute Gasteiger partial charge is 0.229 e. The number of benzene rings is 1. The lowest BCUT2D eigenvalue weighted by Crippen LogP contribution is -2.28. The molecule has 0 unspecified atom stereocenters.